The van der Waals surface area contributed by atoms with E-state index in [1.807, 2.05) is 6.92 Å². The molecule has 0 spiro atoms. The fourth-order valence-corrected chi connectivity index (χ4v) is 4.00. The first-order valence-corrected chi connectivity index (χ1v) is 10.7. The lowest BCUT2D eigenvalue weighted by molar-refractivity contribution is 0.0678. The summed E-state index contributed by atoms with van der Waals surface area (Å²) in [5.74, 6) is -0.512. The number of nitrogens with zero attached hydrogens (tertiary/aromatic N) is 2. The van der Waals surface area contributed by atoms with Crippen LogP contribution >= 0.6 is 11.6 Å². The van der Waals surface area contributed by atoms with Gasteiger partial charge >= 0.3 is 0 Å². The van der Waals surface area contributed by atoms with E-state index in [0.717, 1.165) is 11.8 Å². The SMILES string of the molecule is CC1=N/C(=C2\CN(C(=O)c3ccc(F)cc3O[C@H]3CCNC[C@H]3F)CC2=N)NC(C)=C1Cl. The number of piperidine rings is 1. The zero-order valence-electron chi connectivity index (χ0n) is 17.8. The summed E-state index contributed by atoms with van der Waals surface area (Å²) in [6, 6.07) is 3.61. The maximum Gasteiger partial charge on any atom is 0.258 e. The van der Waals surface area contributed by atoms with Gasteiger partial charge in [-0.2, -0.15) is 0 Å². The third-order valence-electron chi connectivity index (χ3n) is 5.67. The Balaban J connectivity index is 1.58. The number of ether oxygens (including phenoxy) is 1. The van der Waals surface area contributed by atoms with Crippen molar-refractivity contribution in [2.24, 2.45) is 4.99 Å². The molecule has 3 aliphatic rings. The lowest BCUT2D eigenvalue weighted by Gasteiger charge is -2.28. The Bertz CT molecular complexity index is 1070. The molecule has 1 amide bonds. The summed E-state index contributed by atoms with van der Waals surface area (Å²) in [7, 11) is 0. The topological polar surface area (TPSA) is 89.8 Å². The van der Waals surface area contributed by atoms with Crippen LogP contribution < -0.4 is 15.4 Å². The second-order valence-corrected chi connectivity index (χ2v) is 8.41. The molecular formula is C22H24ClF2N5O2. The van der Waals surface area contributed by atoms with E-state index in [4.69, 9.17) is 21.7 Å². The molecule has 0 aromatic heterocycles. The highest BCUT2D eigenvalue weighted by molar-refractivity contribution is 6.43. The second kappa shape index (κ2) is 8.99. The first-order valence-electron chi connectivity index (χ1n) is 10.3. The van der Waals surface area contributed by atoms with E-state index in [9.17, 15) is 13.6 Å². The van der Waals surface area contributed by atoms with Crippen molar-refractivity contribution in [1.82, 2.24) is 15.5 Å². The molecule has 3 aliphatic heterocycles. The predicted molar refractivity (Wildman–Crippen MR) is 119 cm³/mol. The summed E-state index contributed by atoms with van der Waals surface area (Å²) in [6.07, 6.45) is -1.61. The van der Waals surface area contributed by atoms with Crippen LogP contribution in [0.2, 0.25) is 0 Å². The Morgan fingerprint density at radius 3 is 2.84 bits per heavy atom. The summed E-state index contributed by atoms with van der Waals surface area (Å²) < 4.78 is 33.9. The molecule has 0 bridgehead atoms. The highest BCUT2D eigenvalue weighted by atomic mass is 35.5. The summed E-state index contributed by atoms with van der Waals surface area (Å²) in [5.41, 5.74) is 2.30. The molecule has 1 aromatic rings. The molecule has 170 valence electrons. The molecule has 3 N–H and O–H groups in total. The van der Waals surface area contributed by atoms with Gasteiger partial charge in [-0.3, -0.25) is 4.79 Å². The zero-order chi connectivity index (χ0) is 23.0. The molecule has 0 unspecified atom stereocenters. The lowest BCUT2D eigenvalue weighted by Crippen LogP contribution is -2.44. The molecule has 10 heteroatoms. The minimum Gasteiger partial charge on any atom is -0.486 e. The van der Waals surface area contributed by atoms with Gasteiger partial charge < -0.3 is 25.7 Å². The number of halogens is 3. The molecule has 4 rings (SSSR count). The summed E-state index contributed by atoms with van der Waals surface area (Å²) in [4.78, 5) is 19.2. The van der Waals surface area contributed by atoms with Gasteiger partial charge in [-0.15, -0.1) is 0 Å². The van der Waals surface area contributed by atoms with Crippen molar-refractivity contribution in [3.63, 3.8) is 0 Å². The van der Waals surface area contributed by atoms with Gasteiger partial charge in [0.25, 0.3) is 5.91 Å². The van der Waals surface area contributed by atoms with Crippen LogP contribution in [0, 0.1) is 11.2 Å². The van der Waals surface area contributed by atoms with E-state index in [-0.39, 0.29) is 36.7 Å². The van der Waals surface area contributed by atoms with Gasteiger partial charge in [0, 0.05) is 23.9 Å². The molecule has 2 fully saturated rings. The summed E-state index contributed by atoms with van der Waals surface area (Å²) >= 11 is 6.18. The van der Waals surface area contributed by atoms with Crippen LogP contribution in [0.1, 0.15) is 30.6 Å². The maximum absolute atomic E-state index is 14.2. The minimum atomic E-state index is -1.26. The van der Waals surface area contributed by atoms with Gasteiger partial charge in [-0.1, -0.05) is 11.6 Å². The Kier molecular flexibility index (Phi) is 6.30. The van der Waals surface area contributed by atoms with Crippen LogP contribution in [0.3, 0.4) is 0 Å². The molecule has 2 atom stereocenters. The molecule has 0 saturated carbocycles. The van der Waals surface area contributed by atoms with Crippen LogP contribution in [0.15, 0.2) is 45.3 Å². The van der Waals surface area contributed by atoms with E-state index in [1.165, 1.54) is 17.0 Å². The fraction of sp³-hybridized carbons (Fsp3) is 0.409. The smallest absolute Gasteiger partial charge is 0.258 e. The van der Waals surface area contributed by atoms with Crippen molar-refractivity contribution in [2.75, 3.05) is 26.2 Å². The first kappa shape index (κ1) is 22.4. The Morgan fingerprint density at radius 2 is 2.12 bits per heavy atom. The van der Waals surface area contributed by atoms with E-state index < -0.39 is 24.0 Å². The molecule has 0 radical (unpaired) electrons. The first-order chi connectivity index (χ1) is 15.2. The zero-order valence-corrected chi connectivity index (χ0v) is 18.5. The Labute approximate surface area is 189 Å². The number of benzene rings is 1. The maximum atomic E-state index is 14.2. The number of carbonyl (C=O) groups excluding carboxylic acids is 1. The van der Waals surface area contributed by atoms with Crippen molar-refractivity contribution in [3.8, 4) is 5.75 Å². The molecule has 3 heterocycles. The third kappa shape index (κ3) is 4.40. The number of rotatable bonds is 3. The van der Waals surface area contributed by atoms with Gasteiger partial charge in [-0.05, 0) is 38.9 Å². The summed E-state index contributed by atoms with van der Waals surface area (Å²) in [6.45, 7) is 4.53. The highest BCUT2D eigenvalue weighted by Gasteiger charge is 2.33. The van der Waals surface area contributed by atoms with Gasteiger partial charge in [0.05, 0.1) is 35.1 Å². The monoisotopic (exact) mass is 463 g/mol. The number of carbonyl (C=O) groups is 1. The molecule has 2 saturated heterocycles. The Morgan fingerprint density at radius 1 is 1.34 bits per heavy atom. The second-order valence-electron chi connectivity index (χ2n) is 8.03. The summed E-state index contributed by atoms with van der Waals surface area (Å²) in [5, 5.41) is 14.9. The molecule has 0 aliphatic carbocycles. The molecular weight excluding hydrogens is 440 g/mol. The van der Waals surface area contributed by atoms with Gasteiger partial charge in [0.15, 0.2) is 0 Å². The highest BCUT2D eigenvalue weighted by Crippen LogP contribution is 2.28. The average molecular weight is 464 g/mol. The number of aliphatic imine (C=N–C) groups is 1. The molecule has 32 heavy (non-hydrogen) atoms. The van der Waals surface area contributed by atoms with E-state index in [2.05, 4.69) is 15.6 Å². The molecule has 7 nitrogen and oxygen atoms in total. The number of amides is 1. The number of hydrogen-bond acceptors (Lipinski definition) is 6. The number of likely N-dealkylation sites (tertiary alicyclic amines) is 1. The molecule has 1 aromatic carbocycles. The van der Waals surface area contributed by atoms with Crippen LogP contribution in [-0.2, 0) is 0 Å². The van der Waals surface area contributed by atoms with Gasteiger partial charge in [-0.25, -0.2) is 13.8 Å². The van der Waals surface area contributed by atoms with Crippen LogP contribution in [0.4, 0.5) is 8.78 Å². The van der Waals surface area contributed by atoms with Crippen LogP contribution in [-0.4, -0.2) is 60.7 Å². The van der Waals surface area contributed by atoms with Crippen LogP contribution in [0.5, 0.6) is 5.75 Å². The van der Waals surface area contributed by atoms with Crippen LogP contribution in [0.25, 0.3) is 0 Å². The largest absolute Gasteiger partial charge is 0.486 e. The van der Waals surface area contributed by atoms with Gasteiger partial charge in [0.2, 0.25) is 0 Å². The standard InChI is InChI=1S/C22H24ClF2N5O2/c1-11-20(23)12(2)29-21(28-11)15-9-30(10-17(15)26)22(31)14-4-3-13(24)7-19(14)32-18-5-6-27-8-16(18)25/h3-4,7,16,18,26-28H,5-6,8-10H2,1-2H3/b21-15+,26-17?/t16-,18+/m1/s1. The van der Waals surface area contributed by atoms with Crippen molar-refractivity contribution in [3.05, 3.63) is 51.7 Å². The Hall–Kier alpha value is -2.78. The van der Waals surface area contributed by atoms with E-state index in [1.54, 1.807) is 6.92 Å². The van der Waals surface area contributed by atoms with E-state index >= 15 is 0 Å². The number of allylic oxidation sites excluding steroid dienone is 2. The van der Waals surface area contributed by atoms with Crippen molar-refractivity contribution in [2.45, 2.75) is 32.5 Å². The normalized spacial score (nSPS) is 26.2. The quantitative estimate of drug-likeness (QED) is 0.642. The third-order valence-corrected chi connectivity index (χ3v) is 6.23. The predicted octanol–water partition coefficient (Wildman–Crippen LogP) is 3.13. The number of alkyl halides is 1. The van der Waals surface area contributed by atoms with E-state index in [0.29, 0.717) is 35.1 Å². The number of nitrogens with one attached hydrogen (secondary N) is 3. The van der Waals surface area contributed by atoms with Gasteiger partial charge in [0.1, 0.15) is 29.7 Å². The van der Waals surface area contributed by atoms with Crippen molar-refractivity contribution >= 4 is 28.9 Å². The minimum absolute atomic E-state index is 0.00685. The number of hydrogen-bond donors (Lipinski definition) is 3. The van der Waals surface area contributed by atoms with Crippen molar-refractivity contribution < 1.29 is 18.3 Å². The lowest BCUT2D eigenvalue weighted by atomic mass is 10.1. The van der Waals surface area contributed by atoms with Crippen molar-refractivity contribution in [1.29, 1.82) is 5.41 Å². The average Bonchev–Trinajstić information content (AvgIpc) is 3.14. The fourth-order valence-electron chi connectivity index (χ4n) is 3.91.